The summed E-state index contributed by atoms with van der Waals surface area (Å²) >= 11 is 0. The number of nitrogens with two attached hydrogens (primary N) is 1. The molecule has 2 rings (SSSR count). The molecule has 3 heteroatoms. The maximum atomic E-state index is 13.5. The Hall–Kier alpha value is -0.960. The molecule has 0 aliphatic heterocycles. The Balaban J connectivity index is 2.13. The molecule has 0 aromatic heterocycles. The summed E-state index contributed by atoms with van der Waals surface area (Å²) in [4.78, 5) is 0. The molecule has 94 valence electrons. The summed E-state index contributed by atoms with van der Waals surface area (Å²) in [5, 5.41) is 0. The molecular weight excluding hydrogens is 220 g/mol. The van der Waals surface area contributed by atoms with Crippen LogP contribution in [-0.2, 0) is 6.42 Å². The van der Waals surface area contributed by atoms with E-state index >= 15 is 0 Å². The highest BCUT2D eigenvalue weighted by molar-refractivity contribution is 5.21. The molecule has 0 radical (unpaired) electrons. The van der Waals surface area contributed by atoms with Crippen molar-refractivity contribution < 1.29 is 8.78 Å². The second kappa shape index (κ2) is 4.73. The van der Waals surface area contributed by atoms with Crippen LogP contribution < -0.4 is 5.73 Å². The molecule has 2 atom stereocenters. The Labute approximate surface area is 101 Å². The van der Waals surface area contributed by atoms with Crippen LogP contribution in [0.3, 0.4) is 0 Å². The summed E-state index contributed by atoms with van der Waals surface area (Å²) in [5.41, 5.74) is 6.34. The van der Waals surface area contributed by atoms with E-state index in [1.807, 2.05) is 0 Å². The Morgan fingerprint density at radius 1 is 1.41 bits per heavy atom. The molecule has 1 aliphatic carbocycles. The van der Waals surface area contributed by atoms with E-state index in [-0.39, 0.29) is 11.4 Å². The van der Waals surface area contributed by atoms with Crippen molar-refractivity contribution in [1.29, 1.82) is 0 Å². The summed E-state index contributed by atoms with van der Waals surface area (Å²) in [6, 6.07) is 3.59. The van der Waals surface area contributed by atoms with Crippen LogP contribution in [0.25, 0.3) is 0 Å². The van der Waals surface area contributed by atoms with Gasteiger partial charge < -0.3 is 5.73 Å². The minimum absolute atomic E-state index is 0.351. The minimum Gasteiger partial charge on any atom is -0.325 e. The van der Waals surface area contributed by atoms with E-state index in [0.29, 0.717) is 17.9 Å². The third-order valence-electron chi connectivity index (χ3n) is 3.87. The van der Waals surface area contributed by atoms with Gasteiger partial charge in [0.15, 0.2) is 0 Å². The lowest BCUT2D eigenvalue weighted by atomic mass is 9.88. The third kappa shape index (κ3) is 2.83. The normalized spacial score (nSPS) is 28.6. The molecule has 17 heavy (non-hydrogen) atoms. The van der Waals surface area contributed by atoms with E-state index in [2.05, 4.69) is 6.92 Å². The second-order valence-corrected chi connectivity index (χ2v) is 5.29. The largest absolute Gasteiger partial charge is 0.325 e. The van der Waals surface area contributed by atoms with Crippen molar-refractivity contribution in [3.05, 3.63) is 35.4 Å². The topological polar surface area (TPSA) is 26.0 Å². The van der Waals surface area contributed by atoms with Crippen LogP contribution in [0.15, 0.2) is 18.2 Å². The molecule has 1 aromatic carbocycles. The van der Waals surface area contributed by atoms with E-state index in [1.54, 1.807) is 0 Å². The molecule has 2 N–H and O–H groups in total. The van der Waals surface area contributed by atoms with Crippen molar-refractivity contribution in [2.45, 2.75) is 44.6 Å². The van der Waals surface area contributed by atoms with Gasteiger partial charge in [0.25, 0.3) is 0 Å². The first kappa shape index (κ1) is 12.5. The number of halogens is 2. The first-order chi connectivity index (χ1) is 8.02. The van der Waals surface area contributed by atoms with Crippen LogP contribution in [0.2, 0.25) is 0 Å². The summed E-state index contributed by atoms with van der Waals surface area (Å²) in [7, 11) is 0. The van der Waals surface area contributed by atoms with Gasteiger partial charge in [0.05, 0.1) is 0 Å². The van der Waals surface area contributed by atoms with Crippen molar-refractivity contribution in [3.63, 3.8) is 0 Å². The van der Waals surface area contributed by atoms with Gasteiger partial charge >= 0.3 is 0 Å². The van der Waals surface area contributed by atoms with E-state index in [0.717, 1.165) is 31.7 Å². The molecule has 1 aliphatic rings. The first-order valence-electron chi connectivity index (χ1n) is 6.25. The van der Waals surface area contributed by atoms with Crippen LogP contribution >= 0.6 is 0 Å². The lowest BCUT2D eigenvalue weighted by Gasteiger charge is -2.24. The highest BCUT2D eigenvalue weighted by Crippen LogP contribution is 2.37. The van der Waals surface area contributed by atoms with Gasteiger partial charge in [0.1, 0.15) is 11.6 Å². The van der Waals surface area contributed by atoms with Gasteiger partial charge in [-0.1, -0.05) is 13.3 Å². The quantitative estimate of drug-likeness (QED) is 0.859. The molecule has 0 saturated heterocycles. The zero-order chi connectivity index (χ0) is 12.5. The monoisotopic (exact) mass is 239 g/mol. The maximum Gasteiger partial charge on any atom is 0.126 e. The van der Waals surface area contributed by atoms with Gasteiger partial charge in [-0.15, -0.1) is 0 Å². The molecule has 0 bridgehead atoms. The molecule has 2 unspecified atom stereocenters. The summed E-state index contributed by atoms with van der Waals surface area (Å²) in [6.07, 6.45) is 4.47. The molecule has 0 heterocycles. The number of benzene rings is 1. The van der Waals surface area contributed by atoms with Crippen LogP contribution in [0.1, 0.15) is 38.2 Å². The van der Waals surface area contributed by atoms with Crippen LogP contribution in [0.5, 0.6) is 0 Å². The fraction of sp³-hybridized carbons (Fsp3) is 0.571. The van der Waals surface area contributed by atoms with Gasteiger partial charge in [0.2, 0.25) is 0 Å². The SMILES string of the molecule is CCC1CCC(N)(Cc2cc(F)ccc2F)C1. The fourth-order valence-electron chi connectivity index (χ4n) is 2.84. The van der Waals surface area contributed by atoms with Crippen LogP contribution in [0.4, 0.5) is 8.78 Å². The molecule has 1 aromatic rings. The van der Waals surface area contributed by atoms with E-state index in [9.17, 15) is 8.78 Å². The van der Waals surface area contributed by atoms with Crippen molar-refractivity contribution in [2.75, 3.05) is 0 Å². The van der Waals surface area contributed by atoms with Crippen LogP contribution in [0, 0.1) is 17.6 Å². The smallest absolute Gasteiger partial charge is 0.126 e. The fourth-order valence-corrected chi connectivity index (χ4v) is 2.84. The number of hydrogen-bond acceptors (Lipinski definition) is 1. The molecule has 1 fully saturated rings. The molecule has 0 spiro atoms. The second-order valence-electron chi connectivity index (χ2n) is 5.29. The molecule has 1 saturated carbocycles. The van der Waals surface area contributed by atoms with Crippen molar-refractivity contribution >= 4 is 0 Å². The van der Waals surface area contributed by atoms with Crippen molar-refractivity contribution in [1.82, 2.24) is 0 Å². The van der Waals surface area contributed by atoms with E-state index < -0.39 is 5.82 Å². The summed E-state index contributed by atoms with van der Waals surface area (Å²) in [5.74, 6) is -0.108. The summed E-state index contributed by atoms with van der Waals surface area (Å²) < 4.78 is 26.6. The molecule has 1 nitrogen and oxygen atoms in total. The average Bonchev–Trinajstić information content (AvgIpc) is 2.66. The third-order valence-corrected chi connectivity index (χ3v) is 3.87. The standard InChI is InChI=1S/C14H19F2N/c1-2-10-5-6-14(17,8-10)9-11-7-12(15)3-4-13(11)16/h3-4,7,10H,2,5-6,8-9,17H2,1H3. The Morgan fingerprint density at radius 3 is 2.82 bits per heavy atom. The zero-order valence-electron chi connectivity index (χ0n) is 10.2. The predicted octanol–water partition coefficient (Wildman–Crippen LogP) is 3.41. The summed E-state index contributed by atoms with van der Waals surface area (Å²) in [6.45, 7) is 2.15. The number of hydrogen-bond donors (Lipinski definition) is 1. The zero-order valence-corrected chi connectivity index (χ0v) is 10.2. The highest BCUT2D eigenvalue weighted by Gasteiger charge is 2.35. The van der Waals surface area contributed by atoms with Crippen LogP contribution in [-0.4, -0.2) is 5.54 Å². The molecular formula is C14H19F2N. The number of rotatable bonds is 3. The van der Waals surface area contributed by atoms with Gasteiger partial charge in [-0.3, -0.25) is 0 Å². The van der Waals surface area contributed by atoms with E-state index in [1.165, 1.54) is 12.1 Å². The van der Waals surface area contributed by atoms with E-state index in [4.69, 9.17) is 5.73 Å². The van der Waals surface area contributed by atoms with Gasteiger partial charge in [-0.25, -0.2) is 8.78 Å². The predicted molar refractivity (Wildman–Crippen MR) is 64.6 cm³/mol. The Bertz CT molecular complexity index is 405. The Kier molecular flexibility index (Phi) is 3.48. The minimum atomic E-state index is -0.393. The van der Waals surface area contributed by atoms with Crippen molar-refractivity contribution in [2.24, 2.45) is 11.7 Å². The highest BCUT2D eigenvalue weighted by atomic mass is 19.1. The Morgan fingerprint density at radius 2 is 2.18 bits per heavy atom. The maximum absolute atomic E-state index is 13.5. The van der Waals surface area contributed by atoms with Gasteiger partial charge in [-0.05, 0) is 55.4 Å². The first-order valence-corrected chi connectivity index (χ1v) is 6.25. The lowest BCUT2D eigenvalue weighted by molar-refractivity contribution is 0.399. The van der Waals surface area contributed by atoms with Gasteiger partial charge in [-0.2, -0.15) is 0 Å². The average molecular weight is 239 g/mol. The molecule has 0 amide bonds. The van der Waals surface area contributed by atoms with Crippen molar-refractivity contribution in [3.8, 4) is 0 Å². The lowest BCUT2D eigenvalue weighted by Crippen LogP contribution is -2.39. The van der Waals surface area contributed by atoms with Gasteiger partial charge in [0, 0.05) is 5.54 Å².